The Morgan fingerprint density at radius 3 is 3.35 bits per heavy atom. The highest BCUT2D eigenvalue weighted by molar-refractivity contribution is 5.67. The molecule has 0 atom stereocenters. The lowest BCUT2D eigenvalue weighted by Crippen LogP contribution is -2.28. The van der Waals surface area contributed by atoms with Crippen LogP contribution in [0.1, 0.15) is 23.4 Å². The summed E-state index contributed by atoms with van der Waals surface area (Å²) in [6.07, 6.45) is 5.07. The normalized spacial score (nSPS) is 18.1. The molecule has 0 bridgehead atoms. The fourth-order valence-electron chi connectivity index (χ4n) is 2.84. The van der Waals surface area contributed by atoms with Crippen LogP contribution in [0.2, 0.25) is 0 Å². The summed E-state index contributed by atoms with van der Waals surface area (Å²) in [5, 5.41) is 12.1. The molecule has 3 heterocycles. The molecule has 88 valence electrons. The minimum absolute atomic E-state index is 0.877. The highest BCUT2D eigenvalue weighted by atomic mass is 16.5. The fourth-order valence-corrected chi connectivity index (χ4v) is 2.84. The summed E-state index contributed by atoms with van der Waals surface area (Å²) in [5.41, 5.74) is 4.86. The predicted molar refractivity (Wildman–Crippen MR) is 61.5 cm³/mol. The van der Waals surface area contributed by atoms with Crippen molar-refractivity contribution in [2.45, 2.75) is 32.4 Å². The van der Waals surface area contributed by atoms with Crippen LogP contribution >= 0.6 is 0 Å². The van der Waals surface area contributed by atoms with E-state index in [1.165, 1.54) is 22.5 Å². The van der Waals surface area contributed by atoms with Gasteiger partial charge in [-0.2, -0.15) is 5.10 Å². The van der Waals surface area contributed by atoms with Crippen molar-refractivity contribution in [1.82, 2.24) is 20.3 Å². The van der Waals surface area contributed by atoms with Gasteiger partial charge in [-0.15, -0.1) is 0 Å². The molecule has 1 aliphatic carbocycles. The maximum absolute atomic E-state index is 5.46. The Balaban J connectivity index is 1.98. The van der Waals surface area contributed by atoms with Gasteiger partial charge in [0.2, 0.25) is 0 Å². The van der Waals surface area contributed by atoms with Crippen LogP contribution in [0.3, 0.4) is 0 Å². The van der Waals surface area contributed by atoms with Crippen molar-refractivity contribution in [2.75, 3.05) is 6.54 Å². The molecule has 0 radical (unpaired) electrons. The molecule has 0 saturated heterocycles. The van der Waals surface area contributed by atoms with Gasteiger partial charge in [0.1, 0.15) is 0 Å². The maximum atomic E-state index is 5.46. The molecule has 2 aromatic heterocycles. The van der Waals surface area contributed by atoms with E-state index in [0.717, 1.165) is 44.7 Å². The van der Waals surface area contributed by atoms with E-state index >= 15 is 0 Å². The van der Waals surface area contributed by atoms with Gasteiger partial charge in [0, 0.05) is 18.7 Å². The SMILES string of the molecule is c1noc2c1CCCc1nn3c(c1-2)CNCC3. The van der Waals surface area contributed by atoms with Crippen LogP contribution < -0.4 is 5.32 Å². The van der Waals surface area contributed by atoms with Gasteiger partial charge in [-0.1, -0.05) is 5.16 Å². The van der Waals surface area contributed by atoms with Crippen LogP contribution in [0.25, 0.3) is 11.3 Å². The highest BCUT2D eigenvalue weighted by Crippen LogP contribution is 2.35. The number of aromatic nitrogens is 3. The monoisotopic (exact) mass is 230 g/mol. The van der Waals surface area contributed by atoms with Crippen molar-refractivity contribution in [1.29, 1.82) is 0 Å². The second kappa shape index (κ2) is 3.43. The van der Waals surface area contributed by atoms with Gasteiger partial charge in [0.25, 0.3) is 0 Å². The summed E-state index contributed by atoms with van der Waals surface area (Å²) in [6.45, 7) is 2.82. The lowest BCUT2D eigenvalue weighted by Gasteiger charge is -2.15. The van der Waals surface area contributed by atoms with Crippen LogP contribution in [-0.2, 0) is 25.9 Å². The van der Waals surface area contributed by atoms with Gasteiger partial charge in [0.05, 0.1) is 29.7 Å². The van der Waals surface area contributed by atoms with Crippen molar-refractivity contribution in [2.24, 2.45) is 0 Å². The Bertz CT molecular complexity index is 569. The molecule has 0 spiro atoms. The van der Waals surface area contributed by atoms with Crippen molar-refractivity contribution in [3.63, 3.8) is 0 Å². The number of nitrogens with one attached hydrogen (secondary N) is 1. The van der Waals surface area contributed by atoms with Crippen LogP contribution in [0, 0.1) is 0 Å². The molecule has 0 amide bonds. The third-order valence-electron chi connectivity index (χ3n) is 3.65. The van der Waals surface area contributed by atoms with Gasteiger partial charge in [0.15, 0.2) is 5.76 Å². The molecule has 4 rings (SSSR count). The summed E-state index contributed by atoms with van der Waals surface area (Å²) >= 11 is 0. The molecule has 0 saturated carbocycles. The first-order valence-electron chi connectivity index (χ1n) is 6.16. The summed E-state index contributed by atoms with van der Waals surface area (Å²) in [6, 6.07) is 0. The quantitative estimate of drug-likeness (QED) is 0.737. The van der Waals surface area contributed by atoms with Crippen LogP contribution in [-0.4, -0.2) is 21.5 Å². The molecule has 5 heteroatoms. The number of nitrogens with zero attached hydrogens (tertiary/aromatic N) is 3. The average molecular weight is 230 g/mol. The van der Waals surface area contributed by atoms with E-state index in [1.807, 2.05) is 6.20 Å². The molecule has 2 aliphatic rings. The van der Waals surface area contributed by atoms with Crippen LogP contribution in [0.4, 0.5) is 0 Å². The second-order valence-corrected chi connectivity index (χ2v) is 4.70. The van der Waals surface area contributed by atoms with E-state index in [-0.39, 0.29) is 0 Å². The van der Waals surface area contributed by atoms with E-state index in [1.54, 1.807) is 0 Å². The summed E-state index contributed by atoms with van der Waals surface area (Å²) in [5.74, 6) is 0.947. The van der Waals surface area contributed by atoms with Crippen molar-refractivity contribution in [3.8, 4) is 11.3 Å². The van der Waals surface area contributed by atoms with Crippen molar-refractivity contribution >= 4 is 0 Å². The second-order valence-electron chi connectivity index (χ2n) is 4.70. The molecule has 1 aliphatic heterocycles. The Labute approximate surface area is 98.8 Å². The van der Waals surface area contributed by atoms with E-state index in [2.05, 4.69) is 15.2 Å². The first-order chi connectivity index (χ1) is 8.43. The number of rotatable bonds is 0. The van der Waals surface area contributed by atoms with Gasteiger partial charge in [-0.05, 0) is 19.3 Å². The molecule has 0 unspecified atom stereocenters. The lowest BCUT2D eigenvalue weighted by atomic mass is 10.1. The third kappa shape index (κ3) is 1.29. The van der Waals surface area contributed by atoms with E-state index in [0.29, 0.717) is 0 Å². The Kier molecular flexibility index (Phi) is 1.90. The Morgan fingerprint density at radius 2 is 2.35 bits per heavy atom. The molecule has 17 heavy (non-hydrogen) atoms. The predicted octanol–water partition coefficient (Wildman–Crippen LogP) is 1.13. The smallest absolute Gasteiger partial charge is 0.173 e. The number of hydrogen-bond acceptors (Lipinski definition) is 4. The lowest BCUT2D eigenvalue weighted by molar-refractivity contribution is 0.429. The fraction of sp³-hybridized carbons (Fsp3) is 0.500. The molecular weight excluding hydrogens is 216 g/mol. The standard InChI is InChI=1S/C12H14N4O/c1-2-8-6-14-17-12(8)11-9(3-1)15-16-5-4-13-7-10(11)16/h6,13H,1-5,7H2. The molecule has 0 aromatic carbocycles. The van der Waals surface area contributed by atoms with Crippen LogP contribution in [0.5, 0.6) is 0 Å². The van der Waals surface area contributed by atoms with Gasteiger partial charge < -0.3 is 9.84 Å². The molecule has 1 N–H and O–H groups in total. The first kappa shape index (κ1) is 9.41. The zero-order valence-corrected chi connectivity index (χ0v) is 9.57. The van der Waals surface area contributed by atoms with E-state index in [4.69, 9.17) is 9.62 Å². The topological polar surface area (TPSA) is 55.9 Å². The minimum Gasteiger partial charge on any atom is -0.356 e. The van der Waals surface area contributed by atoms with Gasteiger partial charge in [-0.25, -0.2) is 0 Å². The zero-order chi connectivity index (χ0) is 11.2. The molecule has 0 fully saturated rings. The number of aryl methyl sites for hydroxylation is 2. The summed E-state index contributed by atoms with van der Waals surface area (Å²) < 4.78 is 7.58. The molecule has 5 nitrogen and oxygen atoms in total. The first-order valence-corrected chi connectivity index (χ1v) is 6.16. The largest absolute Gasteiger partial charge is 0.356 e. The number of hydrogen-bond donors (Lipinski definition) is 1. The summed E-state index contributed by atoms with van der Waals surface area (Å²) in [7, 11) is 0. The van der Waals surface area contributed by atoms with Crippen molar-refractivity contribution in [3.05, 3.63) is 23.1 Å². The van der Waals surface area contributed by atoms with Crippen molar-refractivity contribution < 1.29 is 4.52 Å². The summed E-state index contributed by atoms with van der Waals surface area (Å²) in [4.78, 5) is 0. The van der Waals surface area contributed by atoms with E-state index < -0.39 is 0 Å². The van der Waals surface area contributed by atoms with Gasteiger partial charge in [-0.3, -0.25) is 4.68 Å². The Hall–Kier alpha value is -1.62. The highest BCUT2D eigenvalue weighted by Gasteiger charge is 2.27. The Morgan fingerprint density at radius 1 is 1.35 bits per heavy atom. The van der Waals surface area contributed by atoms with Gasteiger partial charge >= 0.3 is 0 Å². The minimum atomic E-state index is 0.877. The third-order valence-corrected chi connectivity index (χ3v) is 3.65. The number of fused-ring (bicyclic) bond motifs is 5. The van der Waals surface area contributed by atoms with E-state index in [9.17, 15) is 0 Å². The maximum Gasteiger partial charge on any atom is 0.173 e. The molecule has 2 aromatic rings. The molecular formula is C12H14N4O. The van der Waals surface area contributed by atoms with Crippen LogP contribution in [0.15, 0.2) is 10.7 Å². The average Bonchev–Trinajstić information content (AvgIpc) is 2.90. The zero-order valence-electron chi connectivity index (χ0n) is 9.57.